The fourth-order valence-corrected chi connectivity index (χ4v) is 8.86. The highest BCUT2D eigenvalue weighted by atomic mass is 15.1. The smallest absolute Gasteiger partial charge is 0.0543 e. The molecule has 0 atom stereocenters. The van der Waals surface area contributed by atoms with Crippen LogP contribution in [0.25, 0.3) is 66.4 Å². The third-order valence-electron chi connectivity index (χ3n) is 11.7. The molecule has 0 spiro atoms. The molecule has 0 radical (unpaired) electrons. The van der Waals surface area contributed by atoms with Crippen LogP contribution in [0.3, 0.4) is 0 Å². The van der Waals surface area contributed by atoms with Gasteiger partial charge in [0.25, 0.3) is 0 Å². The topological polar surface area (TPSA) is 3.24 Å². The zero-order valence-electron chi connectivity index (χ0n) is 31.7. The Morgan fingerprint density at radius 2 is 0.857 bits per heavy atom. The summed E-state index contributed by atoms with van der Waals surface area (Å²) in [5, 5.41) is 2.52. The summed E-state index contributed by atoms with van der Waals surface area (Å²) < 4.78 is 0. The molecule has 0 bridgehead atoms. The van der Waals surface area contributed by atoms with Crippen molar-refractivity contribution < 1.29 is 0 Å². The number of anilines is 3. The van der Waals surface area contributed by atoms with Crippen molar-refractivity contribution in [3.63, 3.8) is 0 Å². The maximum absolute atomic E-state index is 2.50. The molecule has 0 amide bonds. The van der Waals surface area contributed by atoms with E-state index in [4.69, 9.17) is 0 Å². The zero-order chi connectivity index (χ0) is 37.6. The van der Waals surface area contributed by atoms with E-state index >= 15 is 0 Å². The van der Waals surface area contributed by atoms with Crippen molar-refractivity contribution >= 4 is 27.8 Å². The lowest BCUT2D eigenvalue weighted by molar-refractivity contribution is 0.660. The molecule has 56 heavy (non-hydrogen) atoms. The predicted octanol–water partition coefficient (Wildman–Crippen LogP) is 15.3. The van der Waals surface area contributed by atoms with Crippen LogP contribution in [0.5, 0.6) is 0 Å². The van der Waals surface area contributed by atoms with E-state index in [0.717, 1.165) is 11.4 Å². The summed E-state index contributed by atoms with van der Waals surface area (Å²) in [6.07, 6.45) is 0. The number of para-hydroxylation sites is 1. The highest BCUT2D eigenvalue weighted by Crippen LogP contribution is 2.55. The summed E-state index contributed by atoms with van der Waals surface area (Å²) in [5.74, 6) is 0. The zero-order valence-corrected chi connectivity index (χ0v) is 31.7. The lowest BCUT2D eigenvalue weighted by Gasteiger charge is -2.31. The van der Waals surface area contributed by atoms with Gasteiger partial charge in [0.1, 0.15) is 0 Å². The van der Waals surface area contributed by atoms with E-state index < -0.39 is 0 Å². The quantitative estimate of drug-likeness (QED) is 0.159. The molecule has 0 fully saturated rings. The van der Waals surface area contributed by atoms with Crippen LogP contribution in [-0.2, 0) is 5.41 Å². The minimum absolute atomic E-state index is 0.123. The molecule has 0 unspecified atom stereocenters. The van der Waals surface area contributed by atoms with Gasteiger partial charge >= 0.3 is 0 Å². The van der Waals surface area contributed by atoms with Crippen LogP contribution in [0.4, 0.5) is 17.1 Å². The molecule has 0 saturated carbocycles. The predicted molar refractivity (Wildman–Crippen MR) is 238 cm³/mol. The fourth-order valence-electron chi connectivity index (χ4n) is 8.86. The summed E-state index contributed by atoms with van der Waals surface area (Å²) in [5.41, 5.74) is 18.2. The Kier molecular flexibility index (Phi) is 8.23. The third kappa shape index (κ3) is 5.72. The van der Waals surface area contributed by atoms with Gasteiger partial charge in [-0.15, -0.1) is 0 Å². The second-order valence-electron chi connectivity index (χ2n) is 15.3. The number of hydrogen-bond donors (Lipinski definition) is 0. The van der Waals surface area contributed by atoms with E-state index in [2.05, 4.69) is 231 Å². The SMILES string of the molecule is CC1(C)c2ccccc2-c2c(N(c3cccc(-c4ccc(-c5ccc6ccccc6c5)cc4)c3)c3ccccc3-c3ccccc3-c3ccccc3)cccc21. The Hall–Kier alpha value is -6.96. The summed E-state index contributed by atoms with van der Waals surface area (Å²) in [7, 11) is 0. The maximum atomic E-state index is 2.50. The van der Waals surface area contributed by atoms with E-state index in [9.17, 15) is 0 Å². The number of hydrogen-bond acceptors (Lipinski definition) is 1. The molecule has 0 aromatic heterocycles. The minimum Gasteiger partial charge on any atom is -0.309 e. The minimum atomic E-state index is -0.123. The summed E-state index contributed by atoms with van der Waals surface area (Å²) in [6, 6.07) is 77.6. The van der Waals surface area contributed by atoms with Crippen molar-refractivity contribution in [1.82, 2.24) is 0 Å². The Bertz CT molecular complexity index is 2880. The fraction of sp³-hybridized carbons (Fsp3) is 0.0545. The molecule has 0 N–H and O–H groups in total. The molecular formula is C55H41N. The lowest BCUT2D eigenvalue weighted by atomic mass is 9.82. The molecule has 1 heteroatoms. The Morgan fingerprint density at radius 1 is 0.321 bits per heavy atom. The second kappa shape index (κ2) is 13.7. The van der Waals surface area contributed by atoms with Gasteiger partial charge in [0.05, 0.1) is 11.4 Å². The summed E-state index contributed by atoms with van der Waals surface area (Å²) in [4.78, 5) is 2.50. The standard InChI is InChI=1S/C55H41N/c1-55(2)50-26-12-10-25-49(50)54-51(55)27-15-29-53(54)56(52-28-13-11-24-48(52)47-23-9-8-22-46(47)41-17-4-3-5-18-41)45-21-14-20-43(37-45)39-30-32-40(33-31-39)44-35-34-38-16-6-7-19-42(38)36-44/h3-37H,1-2H3. The molecule has 9 aromatic carbocycles. The first-order valence-electron chi connectivity index (χ1n) is 19.5. The molecule has 0 heterocycles. The lowest BCUT2D eigenvalue weighted by Crippen LogP contribution is -2.16. The number of nitrogens with zero attached hydrogens (tertiary/aromatic N) is 1. The summed E-state index contributed by atoms with van der Waals surface area (Å²) >= 11 is 0. The van der Waals surface area contributed by atoms with Gasteiger partial charge in [0.2, 0.25) is 0 Å². The van der Waals surface area contributed by atoms with Gasteiger partial charge in [0.15, 0.2) is 0 Å². The molecular weight excluding hydrogens is 675 g/mol. The molecule has 0 aliphatic heterocycles. The highest BCUT2D eigenvalue weighted by molar-refractivity contribution is 6.00. The average molecular weight is 716 g/mol. The molecule has 0 saturated heterocycles. The largest absolute Gasteiger partial charge is 0.309 e. The van der Waals surface area contributed by atoms with Crippen molar-refractivity contribution in [1.29, 1.82) is 0 Å². The van der Waals surface area contributed by atoms with Crippen LogP contribution in [0, 0.1) is 0 Å². The maximum Gasteiger partial charge on any atom is 0.0543 e. The Morgan fingerprint density at radius 3 is 1.64 bits per heavy atom. The number of rotatable bonds is 7. The molecule has 266 valence electrons. The molecule has 10 rings (SSSR count). The van der Waals surface area contributed by atoms with Crippen molar-refractivity contribution in [3.8, 4) is 55.6 Å². The van der Waals surface area contributed by atoms with Crippen LogP contribution < -0.4 is 4.90 Å². The first-order chi connectivity index (χ1) is 27.5. The van der Waals surface area contributed by atoms with Crippen LogP contribution in [0.1, 0.15) is 25.0 Å². The van der Waals surface area contributed by atoms with Gasteiger partial charge in [-0.1, -0.05) is 196 Å². The molecule has 1 aliphatic rings. The molecule has 1 aliphatic carbocycles. The van der Waals surface area contributed by atoms with Crippen LogP contribution in [0.15, 0.2) is 212 Å². The highest BCUT2D eigenvalue weighted by Gasteiger charge is 2.38. The molecule has 1 nitrogen and oxygen atoms in total. The third-order valence-corrected chi connectivity index (χ3v) is 11.7. The second-order valence-corrected chi connectivity index (χ2v) is 15.3. The monoisotopic (exact) mass is 715 g/mol. The van der Waals surface area contributed by atoms with E-state index in [1.54, 1.807) is 0 Å². The number of fused-ring (bicyclic) bond motifs is 4. The first kappa shape index (κ1) is 33.6. The average Bonchev–Trinajstić information content (AvgIpc) is 3.50. The summed E-state index contributed by atoms with van der Waals surface area (Å²) in [6.45, 7) is 4.72. The van der Waals surface area contributed by atoms with Crippen LogP contribution >= 0.6 is 0 Å². The Balaban J connectivity index is 1.15. The van der Waals surface area contributed by atoms with Crippen LogP contribution in [-0.4, -0.2) is 0 Å². The van der Waals surface area contributed by atoms with Crippen molar-refractivity contribution in [2.24, 2.45) is 0 Å². The van der Waals surface area contributed by atoms with Crippen molar-refractivity contribution in [3.05, 3.63) is 223 Å². The van der Waals surface area contributed by atoms with Crippen LogP contribution in [0.2, 0.25) is 0 Å². The van der Waals surface area contributed by atoms with Gasteiger partial charge in [0, 0.05) is 22.2 Å². The van der Waals surface area contributed by atoms with Gasteiger partial charge in [-0.2, -0.15) is 0 Å². The van der Waals surface area contributed by atoms with Gasteiger partial charge < -0.3 is 4.90 Å². The van der Waals surface area contributed by atoms with E-state index in [-0.39, 0.29) is 5.41 Å². The van der Waals surface area contributed by atoms with Crippen molar-refractivity contribution in [2.75, 3.05) is 4.90 Å². The Labute approximate surface area is 329 Å². The number of benzene rings is 9. The molecule has 9 aromatic rings. The van der Waals surface area contributed by atoms with Crippen molar-refractivity contribution in [2.45, 2.75) is 19.3 Å². The van der Waals surface area contributed by atoms with Gasteiger partial charge in [-0.05, 0) is 96.7 Å². The van der Waals surface area contributed by atoms with E-state index in [1.807, 2.05) is 0 Å². The van der Waals surface area contributed by atoms with Gasteiger partial charge in [-0.25, -0.2) is 0 Å². The van der Waals surface area contributed by atoms with E-state index in [1.165, 1.54) is 83.2 Å². The van der Waals surface area contributed by atoms with E-state index in [0.29, 0.717) is 0 Å². The first-order valence-corrected chi connectivity index (χ1v) is 19.5. The normalized spacial score (nSPS) is 12.6. The van der Waals surface area contributed by atoms with Gasteiger partial charge in [-0.3, -0.25) is 0 Å².